The van der Waals surface area contributed by atoms with Gasteiger partial charge in [-0.25, -0.2) is 0 Å². The molecule has 2 nitrogen and oxygen atoms in total. The number of likely N-dealkylation sites (N-methyl/N-ethyl adjacent to an activating group) is 1. The Morgan fingerprint density at radius 3 is 2.40 bits per heavy atom. The third-order valence-corrected chi connectivity index (χ3v) is 6.69. The average molecular weight is 459 g/mol. The molecule has 30 heavy (non-hydrogen) atoms. The van der Waals surface area contributed by atoms with Crippen molar-refractivity contribution in [1.82, 2.24) is 10.2 Å². The molecule has 0 aliphatic carbocycles. The highest BCUT2D eigenvalue weighted by molar-refractivity contribution is 6.42. The van der Waals surface area contributed by atoms with E-state index in [0.717, 1.165) is 51.0 Å². The van der Waals surface area contributed by atoms with Gasteiger partial charge in [-0.1, -0.05) is 47.5 Å². The molecule has 1 aliphatic heterocycles. The van der Waals surface area contributed by atoms with Crippen LogP contribution in [0, 0.1) is 0 Å². The highest BCUT2D eigenvalue weighted by Crippen LogP contribution is 2.38. The summed E-state index contributed by atoms with van der Waals surface area (Å²) in [6.07, 6.45) is -1.86. The molecule has 1 heterocycles. The van der Waals surface area contributed by atoms with E-state index >= 15 is 0 Å². The second-order valence-electron chi connectivity index (χ2n) is 7.92. The van der Waals surface area contributed by atoms with Crippen molar-refractivity contribution in [2.75, 3.05) is 33.2 Å². The molecule has 0 saturated carbocycles. The van der Waals surface area contributed by atoms with Crippen LogP contribution in [-0.2, 0) is 6.18 Å². The van der Waals surface area contributed by atoms with Crippen LogP contribution in [0.2, 0.25) is 10.0 Å². The van der Waals surface area contributed by atoms with Crippen molar-refractivity contribution in [1.29, 1.82) is 0 Å². The Kier molecular flexibility index (Phi) is 8.08. The van der Waals surface area contributed by atoms with E-state index in [-0.39, 0.29) is 5.92 Å². The zero-order valence-corrected chi connectivity index (χ0v) is 18.5. The standard InChI is InChI=1S/C23H27Cl2F3N2/c1-29-15-18(17-6-7-21(24)22(25)14-17)10-13-30-11-8-16(9-12-30)19-4-2-3-5-20(19)23(26,27)28/h2-7,14,16,18,29H,8-13,15H2,1H3/t18-/m1/s1. The maximum Gasteiger partial charge on any atom is 0.416 e. The maximum atomic E-state index is 13.3. The molecule has 0 amide bonds. The van der Waals surface area contributed by atoms with Crippen LogP contribution in [-0.4, -0.2) is 38.1 Å². The Hall–Kier alpha value is -1.27. The van der Waals surface area contributed by atoms with E-state index in [9.17, 15) is 13.2 Å². The van der Waals surface area contributed by atoms with Gasteiger partial charge in [0, 0.05) is 6.54 Å². The number of hydrogen-bond donors (Lipinski definition) is 1. The fraction of sp³-hybridized carbons (Fsp3) is 0.478. The Labute approximate surface area is 186 Å². The Balaban J connectivity index is 1.58. The van der Waals surface area contributed by atoms with Gasteiger partial charge in [-0.15, -0.1) is 0 Å². The number of halogens is 5. The monoisotopic (exact) mass is 458 g/mol. The molecule has 0 bridgehead atoms. The van der Waals surface area contributed by atoms with Crippen LogP contribution < -0.4 is 5.32 Å². The zero-order valence-electron chi connectivity index (χ0n) is 17.0. The van der Waals surface area contributed by atoms with Crippen molar-refractivity contribution in [3.05, 3.63) is 69.2 Å². The Bertz CT molecular complexity index is 833. The minimum absolute atomic E-state index is 0.0396. The Morgan fingerprint density at radius 2 is 1.77 bits per heavy atom. The van der Waals surface area contributed by atoms with Crippen molar-refractivity contribution in [2.24, 2.45) is 0 Å². The lowest BCUT2D eigenvalue weighted by Crippen LogP contribution is -2.35. The highest BCUT2D eigenvalue weighted by Gasteiger charge is 2.35. The van der Waals surface area contributed by atoms with Crippen LogP contribution in [0.15, 0.2) is 42.5 Å². The number of hydrogen-bond acceptors (Lipinski definition) is 2. The van der Waals surface area contributed by atoms with E-state index in [2.05, 4.69) is 10.2 Å². The predicted octanol–water partition coefficient (Wildman–Crippen LogP) is 6.58. The molecule has 1 atom stereocenters. The zero-order chi connectivity index (χ0) is 21.7. The van der Waals surface area contributed by atoms with Crippen molar-refractivity contribution < 1.29 is 13.2 Å². The maximum absolute atomic E-state index is 13.3. The number of nitrogens with zero attached hydrogens (tertiary/aromatic N) is 1. The van der Waals surface area contributed by atoms with Crippen molar-refractivity contribution in [3.8, 4) is 0 Å². The lowest BCUT2D eigenvalue weighted by molar-refractivity contribution is -0.138. The molecule has 1 aliphatic rings. The van der Waals surface area contributed by atoms with Gasteiger partial charge in [0.2, 0.25) is 0 Å². The molecule has 0 unspecified atom stereocenters. The quantitative estimate of drug-likeness (QED) is 0.503. The first-order chi connectivity index (χ1) is 14.3. The van der Waals surface area contributed by atoms with Crippen LogP contribution in [0.4, 0.5) is 13.2 Å². The molecule has 2 aromatic rings. The fourth-order valence-electron chi connectivity index (χ4n) is 4.32. The second kappa shape index (κ2) is 10.4. The van der Waals surface area contributed by atoms with E-state index in [1.54, 1.807) is 12.1 Å². The van der Waals surface area contributed by atoms with Gasteiger partial charge in [0.05, 0.1) is 15.6 Å². The lowest BCUT2D eigenvalue weighted by Gasteiger charge is -2.34. The molecule has 3 rings (SSSR count). The smallest absolute Gasteiger partial charge is 0.319 e. The van der Waals surface area contributed by atoms with E-state index in [1.165, 1.54) is 12.1 Å². The number of likely N-dealkylation sites (tertiary alicyclic amines) is 1. The van der Waals surface area contributed by atoms with Crippen LogP contribution in [0.25, 0.3) is 0 Å². The summed E-state index contributed by atoms with van der Waals surface area (Å²) in [6, 6.07) is 11.8. The SMILES string of the molecule is CNC[C@@H](CCN1CCC(c2ccccc2C(F)(F)F)CC1)c1ccc(Cl)c(Cl)c1. The molecule has 164 valence electrons. The molecule has 1 saturated heterocycles. The van der Waals surface area contributed by atoms with Gasteiger partial charge < -0.3 is 10.2 Å². The van der Waals surface area contributed by atoms with E-state index in [1.807, 2.05) is 25.2 Å². The average Bonchev–Trinajstić information content (AvgIpc) is 2.73. The number of rotatable bonds is 7. The van der Waals surface area contributed by atoms with Crippen molar-refractivity contribution >= 4 is 23.2 Å². The van der Waals surface area contributed by atoms with Crippen LogP contribution in [0.3, 0.4) is 0 Å². The van der Waals surface area contributed by atoms with E-state index in [4.69, 9.17) is 23.2 Å². The minimum atomic E-state index is -4.30. The summed E-state index contributed by atoms with van der Waals surface area (Å²) in [7, 11) is 1.92. The molecular formula is C23H27Cl2F3N2. The topological polar surface area (TPSA) is 15.3 Å². The predicted molar refractivity (Wildman–Crippen MR) is 118 cm³/mol. The summed E-state index contributed by atoms with van der Waals surface area (Å²) in [5.74, 6) is 0.260. The summed E-state index contributed by atoms with van der Waals surface area (Å²) >= 11 is 12.2. The highest BCUT2D eigenvalue weighted by atomic mass is 35.5. The van der Waals surface area contributed by atoms with E-state index < -0.39 is 11.7 Å². The summed E-state index contributed by atoms with van der Waals surface area (Å²) in [5, 5.41) is 4.34. The first kappa shape index (κ1) is 23.4. The largest absolute Gasteiger partial charge is 0.416 e. The van der Waals surface area contributed by atoms with Gasteiger partial charge in [0.25, 0.3) is 0 Å². The minimum Gasteiger partial charge on any atom is -0.319 e. The summed E-state index contributed by atoms with van der Waals surface area (Å²) in [4.78, 5) is 2.35. The normalized spacial score (nSPS) is 17.3. The van der Waals surface area contributed by atoms with Crippen LogP contribution in [0.1, 0.15) is 47.8 Å². The van der Waals surface area contributed by atoms with Gasteiger partial charge >= 0.3 is 6.18 Å². The molecule has 0 aromatic heterocycles. The molecule has 1 fully saturated rings. The van der Waals surface area contributed by atoms with Crippen LogP contribution in [0.5, 0.6) is 0 Å². The summed E-state index contributed by atoms with van der Waals surface area (Å²) < 4.78 is 40.0. The van der Waals surface area contributed by atoms with Crippen LogP contribution >= 0.6 is 23.2 Å². The van der Waals surface area contributed by atoms with Crippen molar-refractivity contribution in [2.45, 2.75) is 37.3 Å². The van der Waals surface area contributed by atoms with Crippen molar-refractivity contribution in [3.63, 3.8) is 0 Å². The van der Waals surface area contributed by atoms with Gasteiger partial charge in [0.1, 0.15) is 0 Å². The molecule has 0 spiro atoms. The number of alkyl halides is 3. The molecule has 0 radical (unpaired) electrons. The van der Waals surface area contributed by atoms with Gasteiger partial charge in [-0.05, 0) is 87.1 Å². The van der Waals surface area contributed by atoms with Gasteiger partial charge in [-0.2, -0.15) is 13.2 Å². The van der Waals surface area contributed by atoms with Gasteiger partial charge in [0.15, 0.2) is 0 Å². The van der Waals surface area contributed by atoms with E-state index in [0.29, 0.717) is 21.5 Å². The molecule has 2 aromatic carbocycles. The summed E-state index contributed by atoms with van der Waals surface area (Å²) in [6.45, 7) is 3.35. The third kappa shape index (κ3) is 5.91. The third-order valence-electron chi connectivity index (χ3n) is 5.95. The number of nitrogens with one attached hydrogen (secondary N) is 1. The Morgan fingerprint density at radius 1 is 1.07 bits per heavy atom. The first-order valence-electron chi connectivity index (χ1n) is 10.3. The number of piperidine rings is 1. The molecule has 7 heteroatoms. The lowest BCUT2D eigenvalue weighted by atomic mass is 9.86. The molecule has 1 N–H and O–H groups in total. The summed E-state index contributed by atoms with van der Waals surface area (Å²) in [5.41, 5.74) is 1.10. The second-order valence-corrected chi connectivity index (χ2v) is 8.73. The first-order valence-corrected chi connectivity index (χ1v) is 11.0. The molecular weight excluding hydrogens is 432 g/mol. The number of benzene rings is 2. The van der Waals surface area contributed by atoms with Gasteiger partial charge in [-0.3, -0.25) is 0 Å². The fourth-order valence-corrected chi connectivity index (χ4v) is 4.62.